The van der Waals surface area contributed by atoms with Crippen LogP contribution >= 0.6 is 0 Å². The second-order valence-corrected chi connectivity index (χ2v) is 4.52. The van der Waals surface area contributed by atoms with Gasteiger partial charge in [0.1, 0.15) is 0 Å². The normalized spacial score (nSPS) is 14.6. The molecule has 0 bridgehead atoms. The van der Waals surface area contributed by atoms with Gasteiger partial charge in [0.25, 0.3) is 0 Å². The number of benzene rings is 2. The van der Waals surface area contributed by atoms with Gasteiger partial charge < -0.3 is 9.84 Å². The average Bonchev–Trinajstić information content (AvgIpc) is 2.72. The zero-order chi connectivity index (χ0) is 13.5. The highest BCUT2D eigenvalue weighted by molar-refractivity contribution is 5.96. The molecule has 3 heteroatoms. The number of ether oxygens (including phenoxy) is 1. The number of aliphatic hydroxyl groups is 1. The Hall–Kier alpha value is -2.13. The summed E-state index contributed by atoms with van der Waals surface area (Å²) in [6.07, 6.45) is 0. The summed E-state index contributed by atoms with van der Waals surface area (Å²) in [6, 6.07) is 14.8. The van der Waals surface area contributed by atoms with Crippen LogP contribution in [0.4, 0.5) is 0 Å². The van der Waals surface area contributed by atoms with Crippen LogP contribution in [0.15, 0.2) is 48.5 Å². The third-order valence-corrected chi connectivity index (χ3v) is 3.49. The van der Waals surface area contributed by atoms with E-state index in [4.69, 9.17) is 4.74 Å². The van der Waals surface area contributed by atoms with Crippen molar-refractivity contribution >= 4 is 5.97 Å². The lowest BCUT2D eigenvalue weighted by molar-refractivity contribution is -0.161. The van der Waals surface area contributed by atoms with Crippen LogP contribution in [0.3, 0.4) is 0 Å². The van der Waals surface area contributed by atoms with Crippen LogP contribution in [0.1, 0.15) is 18.1 Å². The van der Waals surface area contributed by atoms with Gasteiger partial charge in [-0.05, 0) is 18.1 Å². The highest BCUT2D eigenvalue weighted by Gasteiger charge is 2.48. The van der Waals surface area contributed by atoms with Crippen LogP contribution in [-0.4, -0.2) is 17.7 Å². The SMILES string of the molecule is CCOC(=O)C1(O)c2ccccc2-c2ccccc21. The van der Waals surface area contributed by atoms with E-state index in [0.29, 0.717) is 11.1 Å². The Kier molecular flexibility index (Phi) is 2.64. The first kappa shape index (κ1) is 11.9. The predicted molar refractivity (Wildman–Crippen MR) is 71.5 cm³/mol. The number of fused-ring (bicyclic) bond motifs is 3. The maximum Gasteiger partial charge on any atom is 0.347 e. The topological polar surface area (TPSA) is 46.5 Å². The van der Waals surface area contributed by atoms with Crippen molar-refractivity contribution in [3.05, 3.63) is 59.7 Å². The number of hydrogen-bond donors (Lipinski definition) is 1. The summed E-state index contributed by atoms with van der Waals surface area (Å²) in [5.41, 5.74) is 1.26. The molecule has 3 nitrogen and oxygen atoms in total. The van der Waals surface area contributed by atoms with Gasteiger partial charge in [-0.1, -0.05) is 48.5 Å². The largest absolute Gasteiger partial charge is 0.463 e. The van der Waals surface area contributed by atoms with Gasteiger partial charge in [-0.15, -0.1) is 0 Å². The third kappa shape index (κ3) is 1.52. The monoisotopic (exact) mass is 254 g/mol. The van der Waals surface area contributed by atoms with Gasteiger partial charge >= 0.3 is 5.97 Å². The highest BCUT2D eigenvalue weighted by atomic mass is 16.5. The van der Waals surface area contributed by atoms with Crippen LogP contribution in [0.25, 0.3) is 11.1 Å². The maximum atomic E-state index is 12.2. The molecule has 3 rings (SSSR count). The Bertz CT molecular complexity index is 600. The van der Waals surface area contributed by atoms with Crippen molar-refractivity contribution < 1.29 is 14.6 Å². The van der Waals surface area contributed by atoms with Gasteiger partial charge in [0.2, 0.25) is 5.60 Å². The van der Waals surface area contributed by atoms with Gasteiger partial charge in [-0.3, -0.25) is 0 Å². The quantitative estimate of drug-likeness (QED) is 0.837. The van der Waals surface area contributed by atoms with E-state index in [1.165, 1.54) is 0 Å². The molecule has 0 saturated carbocycles. The predicted octanol–water partition coefficient (Wildman–Crippen LogP) is 2.47. The summed E-state index contributed by atoms with van der Waals surface area (Å²) in [5, 5.41) is 10.9. The second kappa shape index (κ2) is 4.21. The Morgan fingerprint density at radius 1 is 1.05 bits per heavy atom. The number of rotatable bonds is 2. The van der Waals surface area contributed by atoms with E-state index >= 15 is 0 Å². The Morgan fingerprint density at radius 2 is 1.53 bits per heavy atom. The van der Waals surface area contributed by atoms with E-state index in [-0.39, 0.29) is 6.61 Å². The van der Waals surface area contributed by atoms with Crippen molar-refractivity contribution in [2.75, 3.05) is 6.61 Å². The molecule has 1 N–H and O–H groups in total. The van der Waals surface area contributed by atoms with Crippen molar-refractivity contribution in [2.24, 2.45) is 0 Å². The summed E-state index contributed by atoms with van der Waals surface area (Å²) in [6.45, 7) is 1.97. The lowest BCUT2D eigenvalue weighted by atomic mass is 9.91. The molecule has 96 valence electrons. The van der Waals surface area contributed by atoms with Crippen molar-refractivity contribution in [3.8, 4) is 11.1 Å². The molecule has 1 aliphatic rings. The lowest BCUT2D eigenvalue weighted by Crippen LogP contribution is -2.36. The minimum atomic E-state index is -1.69. The van der Waals surface area contributed by atoms with Crippen molar-refractivity contribution in [3.63, 3.8) is 0 Å². The van der Waals surface area contributed by atoms with E-state index in [2.05, 4.69) is 0 Å². The van der Waals surface area contributed by atoms with Gasteiger partial charge in [0.05, 0.1) is 6.61 Å². The minimum absolute atomic E-state index is 0.242. The zero-order valence-corrected chi connectivity index (χ0v) is 10.6. The smallest absolute Gasteiger partial charge is 0.347 e. The fraction of sp³-hybridized carbons (Fsp3) is 0.188. The van der Waals surface area contributed by atoms with Crippen molar-refractivity contribution in [2.45, 2.75) is 12.5 Å². The van der Waals surface area contributed by atoms with Crippen LogP contribution in [0, 0.1) is 0 Å². The minimum Gasteiger partial charge on any atom is -0.463 e. The molecule has 0 aliphatic heterocycles. The van der Waals surface area contributed by atoms with E-state index in [9.17, 15) is 9.90 Å². The van der Waals surface area contributed by atoms with Crippen molar-refractivity contribution in [1.82, 2.24) is 0 Å². The molecule has 2 aromatic rings. The zero-order valence-electron chi connectivity index (χ0n) is 10.6. The molecule has 2 aromatic carbocycles. The van der Waals surface area contributed by atoms with E-state index in [1.807, 2.05) is 36.4 Å². The number of carbonyl (C=O) groups is 1. The molecule has 0 saturated heterocycles. The summed E-state index contributed by atoms with van der Waals surface area (Å²) in [4.78, 5) is 12.2. The Balaban J connectivity index is 2.28. The molecular weight excluding hydrogens is 240 g/mol. The summed E-state index contributed by atoms with van der Waals surface area (Å²) < 4.78 is 5.05. The summed E-state index contributed by atoms with van der Waals surface area (Å²) in [7, 11) is 0. The Labute approximate surface area is 111 Å². The molecule has 0 aromatic heterocycles. The third-order valence-electron chi connectivity index (χ3n) is 3.49. The maximum absolute atomic E-state index is 12.2. The van der Waals surface area contributed by atoms with Crippen molar-refractivity contribution in [1.29, 1.82) is 0 Å². The van der Waals surface area contributed by atoms with Crippen LogP contribution in [-0.2, 0) is 15.1 Å². The van der Waals surface area contributed by atoms with E-state index < -0.39 is 11.6 Å². The standard InChI is InChI=1S/C16H14O3/c1-2-19-15(17)16(18)13-9-5-3-7-11(13)12-8-4-6-10-14(12)16/h3-10,18H,2H2,1H3. The fourth-order valence-corrected chi connectivity index (χ4v) is 2.67. The second-order valence-electron chi connectivity index (χ2n) is 4.52. The first-order chi connectivity index (χ1) is 9.19. The molecule has 19 heavy (non-hydrogen) atoms. The van der Waals surface area contributed by atoms with Crippen LogP contribution < -0.4 is 0 Å². The molecule has 0 atom stereocenters. The molecule has 0 radical (unpaired) electrons. The Morgan fingerprint density at radius 3 is 2.00 bits per heavy atom. The van der Waals surface area contributed by atoms with Gasteiger partial charge in [-0.2, -0.15) is 0 Å². The van der Waals surface area contributed by atoms with E-state index in [0.717, 1.165) is 11.1 Å². The van der Waals surface area contributed by atoms with E-state index in [1.54, 1.807) is 19.1 Å². The molecule has 0 spiro atoms. The van der Waals surface area contributed by atoms with Gasteiger partial charge in [-0.25, -0.2) is 4.79 Å². The highest BCUT2D eigenvalue weighted by Crippen LogP contribution is 2.47. The first-order valence-electron chi connectivity index (χ1n) is 6.28. The number of esters is 1. The number of hydrogen-bond acceptors (Lipinski definition) is 3. The molecule has 0 amide bonds. The number of carbonyl (C=O) groups excluding carboxylic acids is 1. The van der Waals surface area contributed by atoms with Gasteiger partial charge in [0.15, 0.2) is 0 Å². The summed E-state index contributed by atoms with van der Waals surface area (Å²) >= 11 is 0. The van der Waals surface area contributed by atoms with Gasteiger partial charge in [0, 0.05) is 11.1 Å². The average molecular weight is 254 g/mol. The fourth-order valence-electron chi connectivity index (χ4n) is 2.67. The molecule has 0 unspecified atom stereocenters. The molecule has 0 heterocycles. The van der Waals surface area contributed by atoms with Crippen LogP contribution in [0.2, 0.25) is 0 Å². The summed E-state index contributed by atoms with van der Waals surface area (Å²) in [5.74, 6) is -0.618. The lowest BCUT2D eigenvalue weighted by Gasteiger charge is -2.23. The first-order valence-corrected chi connectivity index (χ1v) is 6.28. The van der Waals surface area contributed by atoms with Crippen LogP contribution in [0.5, 0.6) is 0 Å². The molecule has 0 fully saturated rings. The molecular formula is C16H14O3. The molecule has 1 aliphatic carbocycles.